The van der Waals surface area contributed by atoms with Crippen LogP contribution in [0.15, 0.2) is 18.2 Å². The molecule has 0 spiro atoms. The first-order valence-electron chi connectivity index (χ1n) is 5.35. The van der Waals surface area contributed by atoms with E-state index < -0.39 is 11.7 Å². The molecular weight excluding hydrogens is 225 g/mol. The second-order valence-electron chi connectivity index (χ2n) is 3.74. The van der Waals surface area contributed by atoms with Crippen molar-refractivity contribution in [2.75, 3.05) is 31.2 Å². The van der Waals surface area contributed by atoms with E-state index in [0.29, 0.717) is 32.0 Å². The van der Waals surface area contributed by atoms with Crippen LogP contribution < -0.4 is 16.2 Å². The Bertz CT molecular complexity index is 419. The Labute approximate surface area is 98.3 Å². The van der Waals surface area contributed by atoms with Crippen molar-refractivity contribution in [1.29, 1.82) is 0 Å². The van der Waals surface area contributed by atoms with Crippen molar-refractivity contribution in [2.24, 2.45) is 5.84 Å². The molecule has 2 rings (SSSR count). The maximum absolute atomic E-state index is 13.8. The van der Waals surface area contributed by atoms with Crippen LogP contribution in [0.1, 0.15) is 10.4 Å². The smallest absolute Gasteiger partial charge is 0.265 e. The van der Waals surface area contributed by atoms with Gasteiger partial charge >= 0.3 is 0 Å². The summed E-state index contributed by atoms with van der Waals surface area (Å²) in [6, 6.07) is 4.33. The quantitative estimate of drug-likeness (QED) is 0.441. The van der Waals surface area contributed by atoms with E-state index in [1.54, 1.807) is 12.1 Å². The topological polar surface area (TPSA) is 67.6 Å². The second kappa shape index (κ2) is 5.11. The Morgan fingerprint density at radius 1 is 1.41 bits per heavy atom. The summed E-state index contributed by atoms with van der Waals surface area (Å²) >= 11 is 0. The van der Waals surface area contributed by atoms with E-state index in [0.717, 1.165) is 0 Å². The summed E-state index contributed by atoms with van der Waals surface area (Å²) in [6.45, 7) is 2.48. The monoisotopic (exact) mass is 239 g/mol. The van der Waals surface area contributed by atoms with E-state index in [-0.39, 0.29) is 5.56 Å². The van der Waals surface area contributed by atoms with E-state index in [9.17, 15) is 9.18 Å². The number of rotatable bonds is 2. The third-order valence-electron chi connectivity index (χ3n) is 2.69. The number of carbonyl (C=O) groups is 1. The summed E-state index contributed by atoms with van der Waals surface area (Å²) in [5.41, 5.74) is 2.67. The number of nitrogens with two attached hydrogens (primary N) is 1. The van der Waals surface area contributed by atoms with Crippen LogP contribution in [0.4, 0.5) is 10.1 Å². The summed E-state index contributed by atoms with van der Waals surface area (Å²) in [7, 11) is 0. The third-order valence-corrected chi connectivity index (χ3v) is 2.69. The summed E-state index contributed by atoms with van der Waals surface area (Å²) < 4.78 is 19.0. The van der Waals surface area contributed by atoms with Crippen molar-refractivity contribution in [2.45, 2.75) is 0 Å². The number of ether oxygens (including phenoxy) is 1. The number of amides is 1. The first kappa shape index (κ1) is 11.8. The lowest BCUT2D eigenvalue weighted by Gasteiger charge is -2.29. The number of hydrogen-bond acceptors (Lipinski definition) is 4. The zero-order valence-corrected chi connectivity index (χ0v) is 9.28. The van der Waals surface area contributed by atoms with Gasteiger partial charge in [0.25, 0.3) is 5.91 Å². The van der Waals surface area contributed by atoms with Crippen LogP contribution in [0.2, 0.25) is 0 Å². The van der Waals surface area contributed by atoms with Crippen molar-refractivity contribution < 1.29 is 13.9 Å². The molecular formula is C11H14FN3O2. The highest BCUT2D eigenvalue weighted by atomic mass is 19.1. The van der Waals surface area contributed by atoms with Crippen LogP contribution >= 0.6 is 0 Å². The highest BCUT2D eigenvalue weighted by molar-refractivity contribution is 5.94. The molecule has 1 aromatic rings. The Morgan fingerprint density at radius 3 is 2.71 bits per heavy atom. The fourth-order valence-electron chi connectivity index (χ4n) is 1.79. The predicted molar refractivity (Wildman–Crippen MR) is 61.1 cm³/mol. The number of carbonyl (C=O) groups excluding carboxylic acids is 1. The average Bonchev–Trinajstić information content (AvgIpc) is 2.38. The second-order valence-corrected chi connectivity index (χ2v) is 3.74. The van der Waals surface area contributed by atoms with E-state index >= 15 is 0 Å². The van der Waals surface area contributed by atoms with Gasteiger partial charge in [-0.15, -0.1) is 0 Å². The lowest BCUT2D eigenvalue weighted by molar-refractivity contribution is 0.0953. The van der Waals surface area contributed by atoms with E-state index in [2.05, 4.69) is 0 Å². The number of halogens is 1. The summed E-state index contributed by atoms with van der Waals surface area (Å²) in [4.78, 5) is 13.1. The Morgan fingerprint density at radius 2 is 2.12 bits per heavy atom. The molecule has 1 fully saturated rings. The largest absolute Gasteiger partial charge is 0.378 e. The lowest BCUT2D eigenvalue weighted by Crippen LogP contribution is -2.37. The zero-order chi connectivity index (χ0) is 12.3. The molecule has 0 atom stereocenters. The van der Waals surface area contributed by atoms with Crippen molar-refractivity contribution in [3.05, 3.63) is 29.6 Å². The highest BCUT2D eigenvalue weighted by Crippen LogP contribution is 2.21. The van der Waals surface area contributed by atoms with Gasteiger partial charge in [-0.05, 0) is 18.2 Å². The van der Waals surface area contributed by atoms with Crippen LogP contribution in [-0.2, 0) is 4.74 Å². The van der Waals surface area contributed by atoms with E-state index in [4.69, 9.17) is 10.6 Å². The molecule has 0 aromatic heterocycles. The fraction of sp³-hybridized carbons (Fsp3) is 0.364. The summed E-state index contributed by atoms with van der Waals surface area (Å²) in [6.07, 6.45) is 0. The van der Waals surface area contributed by atoms with Crippen LogP contribution in [0, 0.1) is 5.82 Å². The minimum Gasteiger partial charge on any atom is -0.378 e. The van der Waals surface area contributed by atoms with E-state index in [1.807, 2.05) is 10.3 Å². The van der Waals surface area contributed by atoms with Crippen LogP contribution in [0.3, 0.4) is 0 Å². The standard InChI is InChI=1S/C11H14FN3O2/c12-9-7-8(11(16)14-13)1-2-10(9)15-3-5-17-6-4-15/h1-2,7H,3-6,13H2,(H,14,16). The fourth-order valence-corrected chi connectivity index (χ4v) is 1.79. The van der Waals surface area contributed by atoms with Crippen molar-refractivity contribution >= 4 is 11.6 Å². The van der Waals surface area contributed by atoms with Crippen molar-refractivity contribution in [3.63, 3.8) is 0 Å². The van der Waals surface area contributed by atoms with Crippen molar-refractivity contribution in [1.82, 2.24) is 5.43 Å². The molecule has 0 bridgehead atoms. The minimum atomic E-state index is -0.502. The maximum atomic E-state index is 13.8. The molecule has 92 valence electrons. The summed E-state index contributed by atoms with van der Waals surface area (Å²) in [5.74, 6) is 4.06. The number of morpholine rings is 1. The SMILES string of the molecule is NNC(=O)c1ccc(N2CCOCC2)c(F)c1. The Balaban J connectivity index is 2.21. The molecule has 1 aliphatic rings. The number of benzene rings is 1. The molecule has 0 unspecified atom stereocenters. The predicted octanol–water partition coefficient (Wildman–Crippen LogP) is 0.266. The number of nitrogens with zero attached hydrogens (tertiary/aromatic N) is 1. The molecule has 0 saturated carbocycles. The molecule has 1 aromatic carbocycles. The molecule has 0 aliphatic carbocycles. The van der Waals surface area contributed by atoms with Gasteiger partial charge in [-0.2, -0.15) is 0 Å². The van der Waals surface area contributed by atoms with Crippen LogP contribution in [0.5, 0.6) is 0 Å². The minimum absolute atomic E-state index is 0.210. The summed E-state index contributed by atoms with van der Waals surface area (Å²) in [5, 5.41) is 0. The average molecular weight is 239 g/mol. The molecule has 3 N–H and O–H groups in total. The number of nitrogens with one attached hydrogen (secondary N) is 1. The van der Waals surface area contributed by atoms with Gasteiger partial charge in [0.15, 0.2) is 0 Å². The lowest BCUT2D eigenvalue weighted by atomic mass is 10.1. The Kier molecular flexibility index (Phi) is 3.55. The molecule has 0 radical (unpaired) electrons. The number of nitrogen functional groups attached to an aromatic ring is 1. The molecule has 17 heavy (non-hydrogen) atoms. The van der Waals surface area contributed by atoms with Crippen LogP contribution in [0.25, 0.3) is 0 Å². The van der Waals surface area contributed by atoms with Gasteiger partial charge in [0, 0.05) is 18.7 Å². The van der Waals surface area contributed by atoms with Gasteiger partial charge in [0.2, 0.25) is 0 Å². The molecule has 1 heterocycles. The number of anilines is 1. The van der Waals surface area contributed by atoms with Gasteiger partial charge in [-0.1, -0.05) is 0 Å². The van der Waals surface area contributed by atoms with Gasteiger partial charge in [0.1, 0.15) is 5.82 Å². The zero-order valence-electron chi connectivity index (χ0n) is 9.28. The van der Waals surface area contributed by atoms with Crippen LogP contribution in [-0.4, -0.2) is 32.2 Å². The van der Waals surface area contributed by atoms with Gasteiger partial charge in [-0.25, -0.2) is 10.2 Å². The molecule has 6 heteroatoms. The first-order chi connectivity index (χ1) is 8.22. The number of hydrogen-bond donors (Lipinski definition) is 2. The third kappa shape index (κ3) is 2.54. The first-order valence-corrected chi connectivity index (χ1v) is 5.35. The Hall–Kier alpha value is -1.66. The van der Waals surface area contributed by atoms with Gasteiger partial charge in [0.05, 0.1) is 18.9 Å². The van der Waals surface area contributed by atoms with Gasteiger partial charge < -0.3 is 9.64 Å². The molecule has 1 amide bonds. The molecule has 1 saturated heterocycles. The highest BCUT2D eigenvalue weighted by Gasteiger charge is 2.16. The molecule has 5 nitrogen and oxygen atoms in total. The van der Waals surface area contributed by atoms with Gasteiger partial charge in [-0.3, -0.25) is 10.2 Å². The molecule has 1 aliphatic heterocycles. The van der Waals surface area contributed by atoms with E-state index in [1.165, 1.54) is 6.07 Å². The van der Waals surface area contributed by atoms with Crippen molar-refractivity contribution in [3.8, 4) is 0 Å². The normalized spacial score (nSPS) is 15.8. The number of hydrazine groups is 1. The maximum Gasteiger partial charge on any atom is 0.265 e.